The van der Waals surface area contributed by atoms with Gasteiger partial charge in [-0.05, 0) is 60.3 Å². The number of carbonyl (C=O) groups excluding carboxylic acids is 1. The minimum atomic E-state index is -0.919. The van der Waals surface area contributed by atoms with Gasteiger partial charge >= 0.3 is 0 Å². The van der Waals surface area contributed by atoms with Gasteiger partial charge in [-0.25, -0.2) is 0 Å². The molecule has 0 aromatic heterocycles. The summed E-state index contributed by atoms with van der Waals surface area (Å²) in [6, 6.07) is 5.54. The van der Waals surface area contributed by atoms with Crippen LogP contribution in [0.2, 0.25) is 0 Å². The van der Waals surface area contributed by atoms with Crippen LogP contribution in [-0.2, 0) is 16.6 Å². The molecule has 0 spiro atoms. The number of aliphatic carboxylic acids is 1. The summed E-state index contributed by atoms with van der Waals surface area (Å²) in [6.07, 6.45) is 4.35. The number of phenolic OH excluding ortho intramolecular Hbond substituents is 1. The van der Waals surface area contributed by atoms with E-state index in [2.05, 4.69) is 6.92 Å². The van der Waals surface area contributed by atoms with Gasteiger partial charge in [-0.2, -0.15) is 0 Å². The van der Waals surface area contributed by atoms with Gasteiger partial charge in [0.25, 0.3) is 0 Å². The molecule has 2 aliphatic rings. The largest absolute Gasteiger partial charge is 0.550 e. The Morgan fingerprint density at radius 1 is 1.35 bits per heavy atom. The Kier molecular flexibility index (Phi) is 2.86. The minimum absolute atomic E-state index is 0.0862. The lowest BCUT2D eigenvalue weighted by molar-refractivity contribution is -0.324. The first-order chi connectivity index (χ1) is 9.38. The highest BCUT2D eigenvalue weighted by molar-refractivity contribution is 5.73. The number of phenols is 1. The molecule has 0 unspecified atom stereocenters. The zero-order valence-electron chi connectivity index (χ0n) is 12.1. The van der Waals surface area contributed by atoms with Gasteiger partial charge in [0.2, 0.25) is 0 Å². The van der Waals surface area contributed by atoms with Crippen LogP contribution in [0.5, 0.6) is 5.75 Å². The van der Waals surface area contributed by atoms with E-state index in [9.17, 15) is 15.0 Å². The number of hydrogen-bond acceptors (Lipinski definition) is 3. The van der Waals surface area contributed by atoms with Crippen LogP contribution in [0.25, 0.3) is 0 Å². The van der Waals surface area contributed by atoms with E-state index in [0.29, 0.717) is 6.42 Å². The summed E-state index contributed by atoms with van der Waals surface area (Å²) in [7, 11) is 0. The Labute approximate surface area is 119 Å². The van der Waals surface area contributed by atoms with Crippen LogP contribution < -0.4 is 5.11 Å². The van der Waals surface area contributed by atoms with Gasteiger partial charge in [-0.3, -0.25) is 0 Å². The van der Waals surface area contributed by atoms with E-state index in [0.717, 1.165) is 31.2 Å². The molecule has 108 valence electrons. The molecule has 0 bridgehead atoms. The first kappa shape index (κ1) is 13.5. The predicted molar refractivity (Wildman–Crippen MR) is 74.2 cm³/mol. The molecule has 1 saturated carbocycles. The predicted octanol–water partition coefficient (Wildman–Crippen LogP) is 2.15. The molecule has 1 N–H and O–H groups in total. The van der Waals surface area contributed by atoms with Gasteiger partial charge in [0.05, 0.1) is 0 Å². The molecule has 0 radical (unpaired) electrons. The zero-order valence-corrected chi connectivity index (χ0v) is 12.1. The molecular formula is C17H21O3-. The van der Waals surface area contributed by atoms with Crippen LogP contribution in [0, 0.1) is 11.3 Å². The number of hydrogen-bond donors (Lipinski definition) is 1. The van der Waals surface area contributed by atoms with Gasteiger partial charge in [0.1, 0.15) is 5.75 Å². The number of aromatic hydroxyl groups is 1. The van der Waals surface area contributed by atoms with Crippen LogP contribution in [0.15, 0.2) is 18.2 Å². The van der Waals surface area contributed by atoms with E-state index in [1.165, 1.54) is 5.56 Å². The quantitative estimate of drug-likeness (QED) is 0.853. The van der Waals surface area contributed by atoms with Crippen molar-refractivity contribution in [1.82, 2.24) is 0 Å². The normalized spacial score (nSPS) is 36.0. The third-order valence-corrected chi connectivity index (χ3v) is 5.81. The molecule has 0 saturated heterocycles. The Hall–Kier alpha value is -1.51. The van der Waals surface area contributed by atoms with Crippen molar-refractivity contribution in [3.05, 3.63) is 29.3 Å². The molecule has 2 aliphatic carbocycles. The van der Waals surface area contributed by atoms with Crippen molar-refractivity contribution in [3.8, 4) is 5.75 Å². The summed E-state index contributed by atoms with van der Waals surface area (Å²) in [5.41, 5.74) is 1.47. The molecule has 3 rings (SSSR count). The maximum Gasteiger partial charge on any atom is 0.115 e. The average molecular weight is 273 g/mol. The maximum absolute atomic E-state index is 11.7. The molecule has 0 aliphatic heterocycles. The van der Waals surface area contributed by atoms with Gasteiger partial charge in [0, 0.05) is 11.4 Å². The maximum atomic E-state index is 11.7. The molecule has 1 aromatic rings. The van der Waals surface area contributed by atoms with Crippen molar-refractivity contribution in [2.75, 3.05) is 0 Å². The standard InChI is InChI=1S/C17H22O3/c1-16-8-3-9-17(2,15(19)20)14(16)7-5-11-4-6-12(18)10-13(11)16/h4,6,10,14,18H,3,5,7-9H2,1-2H3,(H,19,20)/p-1/t14-,16+,17-/m0/s1. The number of carboxylic acids is 1. The van der Waals surface area contributed by atoms with E-state index in [1.54, 1.807) is 6.07 Å². The minimum Gasteiger partial charge on any atom is -0.550 e. The Morgan fingerprint density at radius 2 is 2.10 bits per heavy atom. The number of carbonyl (C=O) groups is 1. The molecule has 3 heteroatoms. The summed E-state index contributed by atoms with van der Waals surface area (Å²) in [5.74, 6) is -0.563. The van der Waals surface area contributed by atoms with E-state index in [4.69, 9.17) is 0 Å². The number of carboxylic acid groups (broad SMARTS) is 1. The molecule has 1 fully saturated rings. The van der Waals surface area contributed by atoms with Gasteiger partial charge in [-0.15, -0.1) is 0 Å². The smallest absolute Gasteiger partial charge is 0.115 e. The highest BCUT2D eigenvalue weighted by atomic mass is 16.4. The molecule has 3 atom stereocenters. The Bertz CT molecular complexity index is 565. The fourth-order valence-corrected chi connectivity index (χ4v) is 4.69. The summed E-state index contributed by atoms with van der Waals surface area (Å²) < 4.78 is 0. The lowest BCUT2D eigenvalue weighted by Crippen LogP contribution is -2.56. The van der Waals surface area contributed by atoms with E-state index < -0.39 is 11.4 Å². The Morgan fingerprint density at radius 3 is 2.80 bits per heavy atom. The zero-order chi connectivity index (χ0) is 14.5. The van der Waals surface area contributed by atoms with Crippen molar-refractivity contribution in [1.29, 1.82) is 0 Å². The first-order valence-electron chi connectivity index (χ1n) is 7.42. The Balaban J connectivity index is 2.13. The van der Waals surface area contributed by atoms with Crippen molar-refractivity contribution < 1.29 is 15.0 Å². The van der Waals surface area contributed by atoms with Gasteiger partial charge in [-0.1, -0.05) is 26.3 Å². The van der Waals surface area contributed by atoms with Crippen molar-refractivity contribution in [2.24, 2.45) is 11.3 Å². The van der Waals surface area contributed by atoms with Crippen LogP contribution in [0.4, 0.5) is 0 Å². The van der Waals surface area contributed by atoms with Crippen LogP contribution in [0.1, 0.15) is 50.7 Å². The number of benzene rings is 1. The first-order valence-corrected chi connectivity index (χ1v) is 7.42. The number of aryl methyl sites for hydroxylation is 1. The summed E-state index contributed by atoms with van der Waals surface area (Å²) in [4.78, 5) is 11.7. The fraction of sp³-hybridized carbons (Fsp3) is 0.588. The highest BCUT2D eigenvalue weighted by Gasteiger charge is 2.52. The van der Waals surface area contributed by atoms with Crippen LogP contribution >= 0.6 is 0 Å². The van der Waals surface area contributed by atoms with E-state index in [1.807, 2.05) is 19.1 Å². The third-order valence-electron chi connectivity index (χ3n) is 5.81. The molecule has 1 aromatic carbocycles. The van der Waals surface area contributed by atoms with Gasteiger partial charge < -0.3 is 15.0 Å². The monoisotopic (exact) mass is 273 g/mol. The second-order valence-corrected chi connectivity index (χ2v) is 6.91. The van der Waals surface area contributed by atoms with E-state index >= 15 is 0 Å². The topological polar surface area (TPSA) is 60.4 Å². The van der Waals surface area contributed by atoms with Crippen molar-refractivity contribution in [3.63, 3.8) is 0 Å². The summed E-state index contributed by atoms with van der Waals surface area (Å²) >= 11 is 0. The highest BCUT2D eigenvalue weighted by Crippen LogP contribution is 2.57. The fourth-order valence-electron chi connectivity index (χ4n) is 4.69. The number of fused-ring (bicyclic) bond motifs is 3. The van der Waals surface area contributed by atoms with Crippen molar-refractivity contribution >= 4 is 5.97 Å². The second-order valence-electron chi connectivity index (χ2n) is 6.91. The molecule has 20 heavy (non-hydrogen) atoms. The number of rotatable bonds is 1. The average Bonchev–Trinajstić information content (AvgIpc) is 2.39. The van der Waals surface area contributed by atoms with E-state index in [-0.39, 0.29) is 17.1 Å². The lowest BCUT2D eigenvalue weighted by atomic mass is 9.50. The van der Waals surface area contributed by atoms with Crippen LogP contribution in [0.3, 0.4) is 0 Å². The van der Waals surface area contributed by atoms with Crippen molar-refractivity contribution in [2.45, 2.75) is 51.4 Å². The summed E-state index contributed by atoms with van der Waals surface area (Å²) in [6.45, 7) is 4.01. The van der Waals surface area contributed by atoms with Gasteiger partial charge in [0.15, 0.2) is 0 Å². The second kappa shape index (κ2) is 4.24. The molecule has 0 amide bonds. The summed E-state index contributed by atoms with van der Waals surface area (Å²) in [5, 5.41) is 21.5. The molecular weight excluding hydrogens is 252 g/mol. The third kappa shape index (κ3) is 1.68. The lowest BCUT2D eigenvalue weighted by Gasteiger charge is -2.55. The molecule has 3 nitrogen and oxygen atoms in total. The SMILES string of the molecule is C[C@]1(C(=O)[O-])CCC[C@]2(C)c3cc(O)ccc3CC[C@H]12. The molecule has 0 heterocycles. The van der Waals surface area contributed by atoms with Crippen LogP contribution in [-0.4, -0.2) is 11.1 Å².